The van der Waals surface area contributed by atoms with Crippen molar-refractivity contribution < 1.29 is 34.8 Å². The second kappa shape index (κ2) is 10.6. The molecule has 4 atom stereocenters. The van der Waals surface area contributed by atoms with Gasteiger partial charge >= 0.3 is 0 Å². The van der Waals surface area contributed by atoms with E-state index in [0.29, 0.717) is 5.56 Å². The summed E-state index contributed by atoms with van der Waals surface area (Å²) in [6.07, 6.45) is 3.92. The van der Waals surface area contributed by atoms with Crippen LogP contribution >= 0.6 is 0 Å². The highest BCUT2D eigenvalue weighted by Gasteiger charge is 2.64. The van der Waals surface area contributed by atoms with E-state index in [9.17, 15) is 34.8 Å². The van der Waals surface area contributed by atoms with Crippen molar-refractivity contribution in [3.63, 3.8) is 0 Å². The number of benzene rings is 2. The first kappa shape index (κ1) is 29.1. The lowest BCUT2D eigenvalue weighted by Gasteiger charge is -2.50. The van der Waals surface area contributed by atoms with Crippen molar-refractivity contribution in [2.24, 2.45) is 17.6 Å². The highest BCUT2D eigenvalue weighted by atomic mass is 16.3. The van der Waals surface area contributed by atoms with Crippen molar-refractivity contribution in [2.45, 2.75) is 50.3 Å². The van der Waals surface area contributed by atoms with Gasteiger partial charge in [-0.1, -0.05) is 30.7 Å². The molecule has 0 aromatic heterocycles. The smallest absolute Gasteiger partial charge is 0.255 e. The molecule has 1 saturated carbocycles. The average Bonchev–Trinajstić information content (AvgIpc) is 2.95. The van der Waals surface area contributed by atoms with Gasteiger partial charge < -0.3 is 26.2 Å². The Hall–Kier alpha value is -3.99. The zero-order valence-electron chi connectivity index (χ0n) is 24.3. The molecule has 6 rings (SSSR count). The van der Waals surface area contributed by atoms with Gasteiger partial charge in [0.1, 0.15) is 22.8 Å². The van der Waals surface area contributed by atoms with Crippen LogP contribution in [-0.4, -0.2) is 86.5 Å². The van der Waals surface area contributed by atoms with Gasteiger partial charge in [0.2, 0.25) is 5.78 Å². The van der Waals surface area contributed by atoms with Crippen LogP contribution in [0.15, 0.2) is 53.3 Å². The van der Waals surface area contributed by atoms with Gasteiger partial charge in [-0.15, -0.1) is 0 Å². The Morgan fingerprint density at radius 1 is 1.07 bits per heavy atom. The first-order valence-corrected chi connectivity index (χ1v) is 14.8. The normalized spacial score (nSPS) is 27.7. The molecular weight excluding hydrogens is 550 g/mol. The van der Waals surface area contributed by atoms with E-state index in [0.717, 1.165) is 36.3 Å². The van der Waals surface area contributed by atoms with Gasteiger partial charge in [0.05, 0.1) is 11.6 Å². The molecule has 43 heavy (non-hydrogen) atoms. The predicted molar refractivity (Wildman–Crippen MR) is 159 cm³/mol. The minimum Gasteiger partial charge on any atom is -0.508 e. The molecule has 226 valence electrons. The van der Waals surface area contributed by atoms with Gasteiger partial charge in [-0.3, -0.25) is 24.2 Å². The van der Waals surface area contributed by atoms with Crippen LogP contribution in [0.4, 0.5) is 0 Å². The van der Waals surface area contributed by atoms with Gasteiger partial charge in [-0.25, -0.2) is 0 Å². The van der Waals surface area contributed by atoms with Crippen molar-refractivity contribution in [3.8, 4) is 16.9 Å². The number of nitrogens with zero attached hydrogens (tertiary/aromatic N) is 2. The fourth-order valence-electron chi connectivity index (χ4n) is 7.73. The average molecular weight is 588 g/mol. The van der Waals surface area contributed by atoms with Gasteiger partial charge in [-0.05, 0) is 93.2 Å². The third-order valence-electron chi connectivity index (χ3n) is 9.70. The number of ketones is 2. The number of hydrogen-bond acceptors (Lipinski definition) is 9. The molecule has 1 aliphatic heterocycles. The van der Waals surface area contributed by atoms with Gasteiger partial charge in [0.15, 0.2) is 11.4 Å². The maximum atomic E-state index is 14.1. The lowest BCUT2D eigenvalue weighted by Crippen LogP contribution is -2.65. The molecule has 1 amide bonds. The number of likely N-dealkylation sites (N-methyl/N-ethyl adjacent to an activating group) is 1. The van der Waals surface area contributed by atoms with Crippen LogP contribution in [0.25, 0.3) is 16.9 Å². The molecule has 2 aromatic carbocycles. The number of phenolic OH excluding ortho intramolecular Hbond substituents is 1. The van der Waals surface area contributed by atoms with Crippen molar-refractivity contribution in [3.05, 3.63) is 70.0 Å². The largest absolute Gasteiger partial charge is 0.508 e. The molecular formula is C33H37N3O7. The first-order chi connectivity index (χ1) is 20.4. The van der Waals surface area contributed by atoms with Crippen LogP contribution in [0, 0.1) is 11.8 Å². The third kappa shape index (κ3) is 4.47. The summed E-state index contributed by atoms with van der Waals surface area (Å²) >= 11 is 0. The van der Waals surface area contributed by atoms with Crippen LogP contribution in [-0.2, 0) is 27.3 Å². The van der Waals surface area contributed by atoms with Crippen LogP contribution in [0.5, 0.6) is 5.75 Å². The molecule has 0 radical (unpaired) electrons. The van der Waals surface area contributed by atoms with E-state index in [2.05, 4.69) is 17.0 Å². The molecule has 6 N–H and O–H groups in total. The number of primary amides is 1. The Morgan fingerprint density at radius 3 is 2.47 bits per heavy atom. The summed E-state index contributed by atoms with van der Waals surface area (Å²) in [5, 5.41) is 45.3. The lowest BCUT2D eigenvalue weighted by molar-refractivity contribution is -0.153. The number of likely N-dealkylation sites (tertiary alicyclic amines) is 1. The third-order valence-corrected chi connectivity index (χ3v) is 9.70. The quantitative estimate of drug-likeness (QED) is 0.331. The topological polar surface area (TPSA) is 165 Å². The predicted octanol–water partition coefficient (Wildman–Crippen LogP) is 2.62. The fourth-order valence-corrected chi connectivity index (χ4v) is 7.73. The number of nitrogens with two attached hydrogens (primary N) is 1. The van der Waals surface area contributed by atoms with Gasteiger partial charge in [0.25, 0.3) is 5.91 Å². The minimum absolute atomic E-state index is 0.0514. The Morgan fingerprint density at radius 2 is 1.79 bits per heavy atom. The maximum absolute atomic E-state index is 14.1. The second-order valence-corrected chi connectivity index (χ2v) is 12.5. The number of rotatable bonds is 5. The maximum Gasteiger partial charge on any atom is 0.255 e. The van der Waals surface area contributed by atoms with Crippen molar-refractivity contribution in [1.29, 1.82) is 0 Å². The Balaban J connectivity index is 1.46. The van der Waals surface area contributed by atoms with Crippen molar-refractivity contribution in [2.75, 3.05) is 27.2 Å². The standard InChI is InChI=1S/C33H37N3O7/c1-35(2)27-22-15-19-14-21-20(18-8-6-7-17(13-18)16-36-11-4-3-5-12-36)9-10-23(37)25(21)28(38)24(19)30(40)33(22,43)31(41)26(29(27)39)32(34)42/h6-10,13,19,22,27,37-38,41,43H,3-5,11-12,14-16H2,1-2H3,(H2,34,42)/t19-,22-,27-,33-/m0/s1. The van der Waals surface area contributed by atoms with Crippen LogP contribution < -0.4 is 5.73 Å². The molecule has 2 fully saturated rings. The molecule has 0 spiro atoms. The summed E-state index contributed by atoms with van der Waals surface area (Å²) in [6.45, 7) is 2.95. The number of amides is 1. The highest BCUT2D eigenvalue weighted by Crippen LogP contribution is 2.53. The summed E-state index contributed by atoms with van der Waals surface area (Å²) in [4.78, 5) is 43.5. The van der Waals surface area contributed by atoms with E-state index in [-0.39, 0.29) is 29.7 Å². The summed E-state index contributed by atoms with van der Waals surface area (Å²) in [5.41, 5.74) is 5.37. The zero-order chi connectivity index (χ0) is 30.8. The number of aliphatic hydroxyl groups is 3. The van der Waals surface area contributed by atoms with E-state index in [1.165, 1.54) is 30.2 Å². The minimum atomic E-state index is -2.65. The number of aliphatic hydroxyl groups excluding tert-OH is 2. The van der Waals surface area contributed by atoms with Crippen molar-refractivity contribution >= 4 is 23.2 Å². The first-order valence-electron chi connectivity index (χ1n) is 14.8. The number of piperidine rings is 1. The van der Waals surface area contributed by atoms with E-state index in [4.69, 9.17) is 5.73 Å². The SMILES string of the molecule is CN(C)[C@@H]1C(=O)C(C(N)=O)=C(O)[C@@]2(O)C(=O)C3=C(O)c4c(O)ccc(-c5cccc(CN6CCCCC6)c5)c4C[C@H]3C[C@@H]12. The monoisotopic (exact) mass is 587 g/mol. The van der Waals surface area contributed by atoms with Crippen LogP contribution in [0.1, 0.15) is 42.4 Å². The summed E-state index contributed by atoms with van der Waals surface area (Å²) in [6, 6.07) is 10.3. The van der Waals surface area contributed by atoms with Crippen LogP contribution in [0.3, 0.4) is 0 Å². The van der Waals surface area contributed by atoms with Gasteiger partial charge in [-0.2, -0.15) is 0 Å². The number of carbonyl (C=O) groups is 3. The van der Waals surface area contributed by atoms with E-state index >= 15 is 0 Å². The number of hydrogen-bond donors (Lipinski definition) is 5. The molecule has 0 unspecified atom stereocenters. The van der Waals surface area contributed by atoms with Gasteiger partial charge in [0, 0.05) is 18.0 Å². The molecule has 0 bridgehead atoms. The molecule has 4 aliphatic rings. The number of fused-ring (bicyclic) bond motifs is 3. The summed E-state index contributed by atoms with van der Waals surface area (Å²) in [7, 11) is 3.17. The molecule has 10 nitrogen and oxygen atoms in total. The molecule has 10 heteroatoms. The number of aromatic hydroxyl groups is 1. The Labute approximate surface area is 249 Å². The highest BCUT2D eigenvalue weighted by molar-refractivity contribution is 6.24. The Kier molecular flexibility index (Phi) is 7.19. The number of Topliss-reactive ketones (excluding diaryl/α,β-unsaturated/α-hetero) is 2. The zero-order valence-corrected chi connectivity index (χ0v) is 24.3. The number of phenols is 1. The van der Waals surface area contributed by atoms with E-state index in [1.807, 2.05) is 12.1 Å². The summed E-state index contributed by atoms with van der Waals surface area (Å²) in [5.74, 6) is -6.58. The summed E-state index contributed by atoms with van der Waals surface area (Å²) < 4.78 is 0. The number of carbonyl (C=O) groups excluding carboxylic acids is 3. The lowest BCUT2D eigenvalue weighted by atomic mass is 9.57. The Bertz CT molecular complexity index is 1600. The second-order valence-electron chi connectivity index (χ2n) is 12.5. The van der Waals surface area contributed by atoms with E-state index in [1.54, 1.807) is 20.2 Å². The molecule has 2 aromatic rings. The van der Waals surface area contributed by atoms with Crippen molar-refractivity contribution in [1.82, 2.24) is 9.80 Å². The molecule has 1 heterocycles. The molecule has 3 aliphatic carbocycles. The van der Waals surface area contributed by atoms with E-state index < -0.39 is 58.0 Å². The molecule has 1 saturated heterocycles. The van der Waals surface area contributed by atoms with Crippen LogP contribution in [0.2, 0.25) is 0 Å². The fraction of sp³-hybridized carbons (Fsp3) is 0.424.